The molecule has 0 heterocycles. The lowest BCUT2D eigenvalue weighted by molar-refractivity contribution is 0.0737. The van der Waals surface area contributed by atoms with Crippen molar-refractivity contribution in [2.45, 2.75) is 38.6 Å². The second kappa shape index (κ2) is 5.29. The van der Waals surface area contributed by atoms with E-state index in [1.165, 1.54) is 18.2 Å². The van der Waals surface area contributed by atoms with E-state index in [4.69, 9.17) is 0 Å². The minimum atomic E-state index is -0.181. The first kappa shape index (κ1) is 12.7. The molecule has 0 radical (unpaired) electrons. The van der Waals surface area contributed by atoms with Crippen molar-refractivity contribution in [1.82, 2.24) is 4.90 Å². The van der Waals surface area contributed by atoms with Crippen LogP contribution >= 0.6 is 0 Å². The summed E-state index contributed by atoms with van der Waals surface area (Å²) in [5.74, 6) is -0.248. The Labute approximate surface area is 107 Å². The average Bonchev–Trinajstić information content (AvgIpc) is 3.17. The van der Waals surface area contributed by atoms with Crippen LogP contribution in [0.4, 0.5) is 0 Å². The number of nitrogens with zero attached hydrogens (tertiary/aromatic N) is 1. The highest BCUT2D eigenvalue weighted by Gasteiger charge is 2.33. The number of benzene rings is 1. The van der Waals surface area contributed by atoms with Gasteiger partial charge in [0.25, 0.3) is 5.91 Å². The molecule has 1 amide bonds. The van der Waals surface area contributed by atoms with Gasteiger partial charge in [-0.25, -0.2) is 0 Å². The highest BCUT2D eigenvalue weighted by molar-refractivity contribution is 5.97. The van der Waals surface area contributed by atoms with Crippen LogP contribution in [0.5, 0.6) is 11.5 Å². The van der Waals surface area contributed by atoms with E-state index in [9.17, 15) is 15.0 Å². The lowest BCUT2D eigenvalue weighted by Crippen LogP contribution is -2.34. The molecule has 1 saturated carbocycles. The van der Waals surface area contributed by atoms with Crippen LogP contribution in [0.25, 0.3) is 0 Å². The molecule has 1 aliphatic carbocycles. The van der Waals surface area contributed by atoms with Gasteiger partial charge < -0.3 is 15.1 Å². The first-order valence-corrected chi connectivity index (χ1v) is 6.46. The number of hydrogen-bond donors (Lipinski definition) is 2. The largest absolute Gasteiger partial charge is 0.508 e. The first-order valence-electron chi connectivity index (χ1n) is 6.46. The summed E-state index contributed by atoms with van der Waals surface area (Å²) < 4.78 is 0. The maximum absolute atomic E-state index is 12.4. The number of rotatable bonds is 5. The molecule has 0 spiro atoms. The molecule has 1 aromatic carbocycles. The second-order valence-corrected chi connectivity index (χ2v) is 4.78. The molecule has 4 nitrogen and oxygen atoms in total. The summed E-state index contributed by atoms with van der Waals surface area (Å²) in [6, 6.07) is 4.37. The number of amides is 1. The lowest BCUT2D eigenvalue weighted by Gasteiger charge is -2.22. The Morgan fingerprint density at radius 2 is 2.11 bits per heavy atom. The van der Waals surface area contributed by atoms with Crippen LogP contribution < -0.4 is 0 Å². The van der Waals surface area contributed by atoms with E-state index in [-0.39, 0.29) is 23.0 Å². The number of carbonyl (C=O) groups excluding carboxylic acids is 1. The molecule has 0 aliphatic heterocycles. The molecule has 1 aromatic rings. The van der Waals surface area contributed by atoms with E-state index in [0.717, 1.165) is 32.2 Å². The molecular formula is C14H19NO3. The van der Waals surface area contributed by atoms with Crippen LogP contribution in [0.2, 0.25) is 0 Å². The molecule has 0 saturated heterocycles. The normalized spacial score (nSPS) is 14.5. The maximum atomic E-state index is 12.4. The monoisotopic (exact) mass is 249 g/mol. The van der Waals surface area contributed by atoms with Crippen molar-refractivity contribution in [2.75, 3.05) is 6.54 Å². The Morgan fingerprint density at radius 3 is 2.72 bits per heavy atom. The summed E-state index contributed by atoms with van der Waals surface area (Å²) in [5, 5.41) is 19.1. The zero-order chi connectivity index (χ0) is 13.1. The van der Waals surface area contributed by atoms with E-state index in [0.29, 0.717) is 6.04 Å². The van der Waals surface area contributed by atoms with Crippen molar-refractivity contribution < 1.29 is 15.0 Å². The van der Waals surface area contributed by atoms with Crippen LogP contribution in [-0.2, 0) is 0 Å². The summed E-state index contributed by atoms with van der Waals surface area (Å²) in [6.45, 7) is 2.80. The van der Waals surface area contributed by atoms with Crippen LogP contribution in [-0.4, -0.2) is 33.6 Å². The molecule has 4 heteroatoms. The van der Waals surface area contributed by atoms with Crippen LogP contribution in [0.15, 0.2) is 18.2 Å². The van der Waals surface area contributed by atoms with Crippen LogP contribution in [0.3, 0.4) is 0 Å². The lowest BCUT2D eigenvalue weighted by atomic mass is 10.1. The fraction of sp³-hybridized carbons (Fsp3) is 0.500. The highest BCUT2D eigenvalue weighted by atomic mass is 16.3. The van der Waals surface area contributed by atoms with Gasteiger partial charge in [-0.15, -0.1) is 0 Å². The zero-order valence-electron chi connectivity index (χ0n) is 10.6. The van der Waals surface area contributed by atoms with E-state index in [1.54, 1.807) is 0 Å². The minimum absolute atomic E-state index is 0.00221. The number of aromatic hydroxyl groups is 2. The summed E-state index contributed by atoms with van der Waals surface area (Å²) in [5.41, 5.74) is 0.193. The number of unbranched alkanes of at least 4 members (excludes halogenated alkanes) is 1. The number of carbonyl (C=O) groups is 1. The quantitative estimate of drug-likeness (QED) is 0.788. The molecule has 0 unspecified atom stereocenters. The van der Waals surface area contributed by atoms with Crippen molar-refractivity contribution >= 4 is 5.91 Å². The number of phenolic OH excluding ortho intramolecular Hbond substituents is 2. The van der Waals surface area contributed by atoms with Gasteiger partial charge in [0.1, 0.15) is 11.5 Å². The Balaban J connectivity index is 2.19. The SMILES string of the molecule is CCCCN(C(=O)c1cc(O)ccc1O)C1CC1. The maximum Gasteiger partial charge on any atom is 0.257 e. The van der Waals surface area contributed by atoms with Gasteiger partial charge in [0.05, 0.1) is 5.56 Å². The zero-order valence-corrected chi connectivity index (χ0v) is 10.6. The van der Waals surface area contributed by atoms with Crippen molar-refractivity contribution in [3.63, 3.8) is 0 Å². The molecule has 2 rings (SSSR count). The number of hydrogen-bond acceptors (Lipinski definition) is 3. The van der Waals surface area contributed by atoms with Gasteiger partial charge in [0.15, 0.2) is 0 Å². The van der Waals surface area contributed by atoms with E-state index in [2.05, 4.69) is 6.92 Å². The van der Waals surface area contributed by atoms with Crippen LogP contribution in [0.1, 0.15) is 43.0 Å². The molecule has 18 heavy (non-hydrogen) atoms. The fourth-order valence-corrected chi connectivity index (χ4v) is 2.01. The predicted octanol–water partition coefficient (Wildman–Crippen LogP) is 2.50. The van der Waals surface area contributed by atoms with E-state index in [1.807, 2.05) is 4.90 Å². The molecule has 98 valence electrons. The Bertz CT molecular complexity index is 441. The third kappa shape index (κ3) is 2.75. The third-order valence-electron chi connectivity index (χ3n) is 3.21. The van der Waals surface area contributed by atoms with Gasteiger partial charge in [-0.05, 0) is 37.5 Å². The Hall–Kier alpha value is -1.71. The molecule has 1 fully saturated rings. The number of phenols is 2. The minimum Gasteiger partial charge on any atom is -0.508 e. The van der Waals surface area contributed by atoms with Gasteiger partial charge in [-0.3, -0.25) is 4.79 Å². The van der Waals surface area contributed by atoms with E-state index < -0.39 is 0 Å². The van der Waals surface area contributed by atoms with Crippen molar-refractivity contribution in [2.24, 2.45) is 0 Å². The average molecular weight is 249 g/mol. The van der Waals surface area contributed by atoms with Gasteiger partial charge in [0, 0.05) is 12.6 Å². The van der Waals surface area contributed by atoms with Gasteiger partial charge >= 0.3 is 0 Å². The summed E-state index contributed by atoms with van der Waals surface area (Å²) in [6.07, 6.45) is 4.06. The van der Waals surface area contributed by atoms with Crippen molar-refractivity contribution in [3.8, 4) is 11.5 Å². The standard InChI is InChI=1S/C14H19NO3/c1-2-3-8-15(10-4-5-10)14(18)12-9-11(16)6-7-13(12)17/h6-7,9-10,16-17H,2-5,8H2,1H3. The molecule has 0 bridgehead atoms. The van der Waals surface area contributed by atoms with Gasteiger partial charge in [-0.2, -0.15) is 0 Å². The second-order valence-electron chi connectivity index (χ2n) is 4.78. The summed E-state index contributed by atoms with van der Waals surface area (Å²) >= 11 is 0. The summed E-state index contributed by atoms with van der Waals surface area (Å²) in [7, 11) is 0. The van der Waals surface area contributed by atoms with Gasteiger partial charge in [0.2, 0.25) is 0 Å². The molecule has 2 N–H and O–H groups in total. The molecule has 1 aliphatic rings. The predicted molar refractivity (Wildman–Crippen MR) is 68.7 cm³/mol. The van der Waals surface area contributed by atoms with Gasteiger partial charge in [-0.1, -0.05) is 13.3 Å². The Morgan fingerprint density at radius 1 is 1.39 bits per heavy atom. The topological polar surface area (TPSA) is 60.8 Å². The summed E-state index contributed by atoms with van der Waals surface area (Å²) in [4.78, 5) is 14.2. The van der Waals surface area contributed by atoms with Crippen molar-refractivity contribution in [1.29, 1.82) is 0 Å². The smallest absolute Gasteiger partial charge is 0.257 e. The molecular weight excluding hydrogens is 230 g/mol. The highest BCUT2D eigenvalue weighted by Crippen LogP contribution is 2.31. The van der Waals surface area contributed by atoms with Crippen molar-refractivity contribution in [3.05, 3.63) is 23.8 Å². The van der Waals surface area contributed by atoms with Crippen LogP contribution in [0, 0.1) is 0 Å². The third-order valence-corrected chi connectivity index (χ3v) is 3.21. The van der Waals surface area contributed by atoms with E-state index >= 15 is 0 Å². The fourth-order valence-electron chi connectivity index (χ4n) is 2.01. The first-order chi connectivity index (χ1) is 8.63. The molecule has 0 atom stereocenters. The Kier molecular flexibility index (Phi) is 3.75. The molecule has 0 aromatic heterocycles.